The van der Waals surface area contributed by atoms with Crippen LogP contribution in [-0.4, -0.2) is 11.1 Å². The average molecular weight is 200 g/mol. The van der Waals surface area contributed by atoms with E-state index in [4.69, 9.17) is 22.0 Å². The number of carboxylic acid groups (broad SMARTS) is 1. The molecule has 0 spiro atoms. The Labute approximate surface area is 81.6 Å². The van der Waals surface area contributed by atoms with Gasteiger partial charge in [0.25, 0.3) is 0 Å². The van der Waals surface area contributed by atoms with Crippen molar-refractivity contribution in [2.45, 2.75) is 13.8 Å². The van der Waals surface area contributed by atoms with Crippen LogP contribution in [0.1, 0.15) is 13.8 Å². The Kier molecular flexibility index (Phi) is 2.36. The molecule has 4 heteroatoms. The van der Waals surface area contributed by atoms with E-state index in [1.54, 1.807) is 6.07 Å². The monoisotopic (exact) mass is 199 g/mol. The minimum absolute atomic E-state index is 0.0711. The molecule has 2 unspecified atom stereocenters. The third-order valence-corrected chi connectivity index (χ3v) is 2.82. The van der Waals surface area contributed by atoms with Crippen LogP contribution in [0.15, 0.2) is 11.1 Å². The van der Waals surface area contributed by atoms with E-state index in [0.29, 0.717) is 0 Å². The van der Waals surface area contributed by atoms with Gasteiger partial charge in [-0.05, 0) is 11.3 Å². The molecule has 0 amide bonds. The number of hydrogen-bond acceptors (Lipinski definition) is 2. The molecule has 1 aliphatic carbocycles. The first-order chi connectivity index (χ1) is 5.91. The minimum Gasteiger partial charge on any atom is -0.481 e. The molecule has 2 atom stereocenters. The largest absolute Gasteiger partial charge is 0.481 e. The lowest BCUT2D eigenvalue weighted by atomic mass is 10.1. The first-order valence-electron chi connectivity index (χ1n) is 3.91. The Morgan fingerprint density at radius 1 is 1.69 bits per heavy atom. The Bertz CT molecular complexity index is 314. The van der Waals surface area contributed by atoms with Crippen molar-refractivity contribution in [1.29, 1.82) is 5.26 Å². The number of aliphatic carboxylic acids is 1. The number of nitrogens with zero attached hydrogens (tertiary/aromatic N) is 1. The van der Waals surface area contributed by atoms with E-state index in [1.165, 1.54) is 6.08 Å². The predicted molar refractivity (Wildman–Crippen MR) is 47.9 cm³/mol. The Morgan fingerprint density at radius 3 is 2.54 bits per heavy atom. The zero-order valence-electron chi connectivity index (χ0n) is 7.41. The van der Waals surface area contributed by atoms with Gasteiger partial charge in [-0.3, -0.25) is 4.79 Å². The summed E-state index contributed by atoms with van der Waals surface area (Å²) in [5, 5.41) is 17.3. The van der Waals surface area contributed by atoms with E-state index in [1.807, 2.05) is 13.8 Å². The van der Waals surface area contributed by atoms with Crippen molar-refractivity contribution in [2.75, 3.05) is 0 Å². The molecular formula is C9H10ClNO2. The molecule has 13 heavy (non-hydrogen) atoms. The van der Waals surface area contributed by atoms with Gasteiger partial charge in [0.05, 0.1) is 5.92 Å². The Morgan fingerprint density at radius 2 is 2.23 bits per heavy atom. The third kappa shape index (κ3) is 1.68. The summed E-state index contributed by atoms with van der Waals surface area (Å²) in [6.07, 6.45) is 1.53. The maximum absolute atomic E-state index is 10.7. The van der Waals surface area contributed by atoms with Gasteiger partial charge in [0.15, 0.2) is 0 Å². The number of hydrogen-bond donors (Lipinski definition) is 1. The average Bonchev–Trinajstić information content (AvgIpc) is 2.53. The van der Waals surface area contributed by atoms with Crippen LogP contribution in [0.2, 0.25) is 0 Å². The van der Waals surface area contributed by atoms with Gasteiger partial charge in [-0.25, -0.2) is 0 Å². The summed E-state index contributed by atoms with van der Waals surface area (Å²) < 4.78 is 0. The van der Waals surface area contributed by atoms with Crippen molar-refractivity contribution in [3.63, 3.8) is 0 Å². The SMILES string of the molecule is CC1(C)C(/C=C(\Cl)C#N)C1C(=O)O. The molecule has 1 saturated carbocycles. The van der Waals surface area contributed by atoms with Gasteiger partial charge in [0.1, 0.15) is 11.1 Å². The standard InChI is InChI=1S/C9H10ClNO2/c1-9(2)6(3-5(10)4-11)7(9)8(12)13/h3,6-7H,1-2H3,(H,12,13)/b5-3-. The molecule has 0 heterocycles. The molecule has 3 nitrogen and oxygen atoms in total. The number of nitriles is 1. The summed E-state index contributed by atoms with van der Waals surface area (Å²) in [5.74, 6) is -1.35. The van der Waals surface area contributed by atoms with Crippen LogP contribution in [0.3, 0.4) is 0 Å². The molecule has 1 fully saturated rings. The van der Waals surface area contributed by atoms with E-state index >= 15 is 0 Å². The molecule has 0 aromatic rings. The lowest BCUT2D eigenvalue weighted by Crippen LogP contribution is -2.02. The van der Waals surface area contributed by atoms with Gasteiger partial charge in [0.2, 0.25) is 0 Å². The quantitative estimate of drug-likeness (QED) is 0.692. The molecular weight excluding hydrogens is 190 g/mol. The van der Waals surface area contributed by atoms with E-state index < -0.39 is 11.9 Å². The molecule has 0 aromatic carbocycles. The molecule has 1 N–H and O–H groups in total. The molecule has 0 aliphatic heterocycles. The third-order valence-electron chi connectivity index (χ3n) is 2.61. The fourth-order valence-corrected chi connectivity index (χ4v) is 1.79. The van der Waals surface area contributed by atoms with Gasteiger partial charge < -0.3 is 5.11 Å². The van der Waals surface area contributed by atoms with Gasteiger partial charge in [-0.1, -0.05) is 31.5 Å². The van der Waals surface area contributed by atoms with Crippen LogP contribution < -0.4 is 0 Å². The second kappa shape index (κ2) is 3.04. The smallest absolute Gasteiger partial charge is 0.307 e. The van der Waals surface area contributed by atoms with Crippen molar-refractivity contribution in [3.8, 4) is 6.07 Å². The summed E-state index contributed by atoms with van der Waals surface area (Å²) in [7, 11) is 0. The second-order valence-corrected chi connectivity index (χ2v) is 4.20. The van der Waals surface area contributed by atoms with Crippen molar-refractivity contribution in [1.82, 2.24) is 0 Å². The lowest BCUT2D eigenvalue weighted by molar-refractivity contribution is -0.139. The van der Waals surface area contributed by atoms with E-state index in [0.717, 1.165) is 0 Å². The highest BCUT2D eigenvalue weighted by Crippen LogP contribution is 2.59. The van der Waals surface area contributed by atoms with Crippen molar-refractivity contribution < 1.29 is 9.90 Å². The van der Waals surface area contributed by atoms with E-state index in [2.05, 4.69) is 0 Å². The van der Waals surface area contributed by atoms with Crippen LogP contribution in [0, 0.1) is 28.6 Å². The van der Waals surface area contributed by atoms with Crippen molar-refractivity contribution in [2.24, 2.45) is 17.3 Å². The highest BCUT2D eigenvalue weighted by molar-refractivity contribution is 6.31. The first kappa shape index (κ1) is 10.1. The molecule has 1 rings (SSSR count). The van der Waals surface area contributed by atoms with Crippen molar-refractivity contribution >= 4 is 17.6 Å². The maximum Gasteiger partial charge on any atom is 0.307 e. The highest BCUT2D eigenvalue weighted by atomic mass is 35.5. The van der Waals surface area contributed by atoms with Crippen molar-refractivity contribution in [3.05, 3.63) is 11.1 Å². The molecule has 0 saturated heterocycles. The predicted octanol–water partition coefficient (Wildman–Crippen LogP) is 1.99. The minimum atomic E-state index is -0.825. The van der Waals surface area contributed by atoms with Gasteiger partial charge in [-0.2, -0.15) is 5.26 Å². The molecule has 0 aromatic heterocycles. The summed E-state index contributed by atoms with van der Waals surface area (Å²) in [6, 6.07) is 1.77. The highest BCUT2D eigenvalue weighted by Gasteiger charge is 2.61. The number of carboxylic acids is 1. The van der Waals surface area contributed by atoms with Gasteiger partial charge >= 0.3 is 5.97 Å². The summed E-state index contributed by atoms with van der Waals surface area (Å²) in [5.41, 5.74) is -0.275. The van der Waals surface area contributed by atoms with Gasteiger partial charge in [0, 0.05) is 0 Å². The van der Waals surface area contributed by atoms with Crippen LogP contribution in [-0.2, 0) is 4.79 Å². The normalized spacial score (nSPS) is 30.8. The number of carbonyl (C=O) groups is 1. The molecule has 70 valence electrons. The fourth-order valence-electron chi connectivity index (χ4n) is 1.66. The summed E-state index contributed by atoms with van der Waals surface area (Å²) in [4.78, 5) is 10.7. The summed E-state index contributed by atoms with van der Waals surface area (Å²) >= 11 is 5.50. The van der Waals surface area contributed by atoms with Crippen LogP contribution in [0.5, 0.6) is 0 Å². The van der Waals surface area contributed by atoms with Crippen LogP contribution in [0.25, 0.3) is 0 Å². The van der Waals surface area contributed by atoms with Crippen LogP contribution in [0.4, 0.5) is 0 Å². The van der Waals surface area contributed by atoms with Crippen LogP contribution >= 0.6 is 11.6 Å². The van der Waals surface area contributed by atoms with Gasteiger partial charge in [-0.15, -0.1) is 0 Å². The zero-order chi connectivity index (χ0) is 10.2. The number of halogens is 1. The Hall–Kier alpha value is -1.01. The second-order valence-electron chi connectivity index (χ2n) is 3.79. The fraction of sp³-hybridized carbons (Fsp3) is 0.556. The number of allylic oxidation sites excluding steroid dienone is 2. The molecule has 0 bridgehead atoms. The van der Waals surface area contributed by atoms with E-state index in [9.17, 15) is 4.79 Å². The lowest BCUT2D eigenvalue weighted by Gasteiger charge is -1.96. The number of rotatable bonds is 2. The molecule has 0 radical (unpaired) electrons. The van der Waals surface area contributed by atoms with E-state index in [-0.39, 0.29) is 16.4 Å². The maximum atomic E-state index is 10.7. The topological polar surface area (TPSA) is 61.1 Å². The first-order valence-corrected chi connectivity index (χ1v) is 4.29. The zero-order valence-corrected chi connectivity index (χ0v) is 8.17. The summed E-state index contributed by atoms with van der Waals surface area (Å²) in [6.45, 7) is 3.71. The molecule has 1 aliphatic rings. The Balaban J connectivity index is 2.79.